The first-order chi connectivity index (χ1) is 9.13. The maximum absolute atomic E-state index is 5.62. The van der Waals surface area contributed by atoms with Crippen molar-refractivity contribution in [3.63, 3.8) is 0 Å². The molecule has 1 aromatic carbocycles. The van der Waals surface area contributed by atoms with E-state index in [4.69, 9.17) is 12.2 Å². The summed E-state index contributed by atoms with van der Waals surface area (Å²) in [6.45, 7) is 2.33. The summed E-state index contributed by atoms with van der Waals surface area (Å²) in [5.41, 5.74) is 4.47. The zero-order valence-corrected chi connectivity index (χ0v) is 13.2. The Hall–Kier alpha value is -0.640. The van der Waals surface area contributed by atoms with Gasteiger partial charge in [-0.15, -0.1) is 0 Å². The Kier molecular flexibility index (Phi) is 3.54. The molecule has 3 rings (SSSR count). The van der Waals surface area contributed by atoms with Crippen molar-refractivity contribution in [2.75, 3.05) is 7.05 Å². The van der Waals surface area contributed by atoms with Crippen LogP contribution in [0.2, 0.25) is 0 Å². The fourth-order valence-corrected chi connectivity index (χ4v) is 5.16. The Morgan fingerprint density at radius 3 is 2.58 bits per heavy atom. The summed E-state index contributed by atoms with van der Waals surface area (Å²) >= 11 is 7.50. The number of hydrogen-bond donors (Lipinski definition) is 0. The van der Waals surface area contributed by atoms with Crippen LogP contribution in [0, 0.1) is 0 Å². The highest BCUT2D eigenvalue weighted by atomic mass is 32.2. The lowest BCUT2D eigenvalue weighted by Gasteiger charge is -2.36. The Morgan fingerprint density at radius 1 is 1.16 bits per heavy atom. The average molecular weight is 290 g/mol. The van der Waals surface area contributed by atoms with Crippen molar-refractivity contribution in [1.29, 1.82) is 0 Å². The molecule has 0 aromatic heterocycles. The van der Waals surface area contributed by atoms with Gasteiger partial charge in [-0.3, -0.25) is 0 Å². The second-order valence-electron chi connectivity index (χ2n) is 5.59. The molecule has 0 amide bonds. The molecule has 1 nitrogen and oxygen atoms in total. The van der Waals surface area contributed by atoms with E-state index in [0.29, 0.717) is 6.04 Å². The third-order valence-electron chi connectivity index (χ3n) is 4.51. The Labute approximate surface area is 125 Å². The molecule has 2 aliphatic rings. The highest BCUT2D eigenvalue weighted by Crippen LogP contribution is 2.52. The van der Waals surface area contributed by atoms with Crippen LogP contribution in [0.4, 0.5) is 0 Å². The number of quaternary nitrogens is 1. The van der Waals surface area contributed by atoms with Gasteiger partial charge in [0.25, 0.3) is 0 Å². The molecule has 0 bridgehead atoms. The van der Waals surface area contributed by atoms with Crippen LogP contribution in [0.25, 0.3) is 0 Å². The number of rotatable bonds is 2. The normalized spacial score (nSPS) is 28.4. The molecular formula is C16H20NS2+. The van der Waals surface area contributed by atoms with Crippen LogP contribution >= 0.6 is 24.2 Å². The van der Waals surface area contributed by atoms with Crippen molar-refractivity contribution in [3.8, 4) is 0 Å². The molecule has 100 valence electrons. The largest absolute Gasteiger partial charge is 0.224 e. The lowest BCUT2D eigenvalue weighted by Crippen LogP contribution is -2.36. The summed E-state index contributed by atoms with van der Waals surface area (Å²) in [7, 11) is 2.34. The zero-order valence-electron chi connectivity index (χ0n) is 11.6. The van der Waals surface area contributed by atoms with Crippen LogP contribution < -0.4 is 0 Å². The summed E-state index contributed by atoms with van der Waals surface area (Å²) in [5, 5.41) is 0. The van der Waals surface area contributed by atoms with Crippen LogP contribution in [0.1, 0.15) is 44.2 Å². The first kappa shape index (κ1) is 13.3. The van der Waals surface area contributed by atoms with Gasteiger partial charge in [0.1, 0.15) is 27.9 Å². The molecule has 0 N–H and O–H groups in total. The molecule has 0 fully saturated rings. The van der Waals surface area contributed by atoms with Crippen LogP contribution in [0.5, 0.6) is 0 Å². The van der Waals surface area contributed by atoms with Crippen molar-refractivity contribution in [2.45, 2.75) is 38.6 Å². The number of nitrogens with zero attached hydrogens (tertiary/aromatic N) is 1. The quantitative estimate of drug-likeness (QED) is 0.426. The Morgan fingerprint density at radius 2 is 1.84 bits per heavy atom. The van der Waals surface area contributed by atoms with Gasteiger partial charge in [0.15, 0.2) is 0 Å². The summed E-state index contributed by atoms with van der Waals surface area (Å²) in [4.78, 5) is 0. The summed E-state index contributed by atoms with van der Waals surface area (Å²) in [6.07, 6.45) is 5.03. The second kappa shape index (κ2) is 5.04. The first-order valence-electron chi connectivity index (χ1n) is 7.00. The highest BCUT2D eigenvalue weighted by molar-refractivity contribution is 8.20. The van der Waals surface area contributed by atoms with Gasteiger partial charge in [0.05, 0.1) is 7.05 Å². The van der Waals surface area contributed by atoms with Gasteiger partial charge < -0.3 is 0 Å². The van der Waals surface area contributed by atoms with Gasteiger partial charge in [-0.25, -0.2) is 3.89 Å². The van der Waals surface area contributed by atoms with Gasteiger partial charge in [0.2, 0.25) is 0 Å². The lowest BCUT2D eigenvalue weighted by atomic mass is 9.95. The zero-order chi connectivity index (χ0) is 13.5. The SMILES string of the molecule is C[C@H](c1ccccc1)[N+]1(C)SC(=S)C2=C1CCCC2. The van der Waals surface area contributed by atoms with E-state index in [-0.39, 0.29) is 0 Å². The van der Waals surface area contributed by atoms with Crippen molar-refractivity contribution in [1.82, 2.24) is 0 Å². The maximum atomic E-state index is 5.62. The van der Waals surface area contributed by atoms with Crippen molar-refractivity contribution >= 4 is 28.4 Å². The lowest BCUT2D eigenvalue weighted by molar-refractivity contribution is -0.765. The molecule has 0 saturated heterocycles. The van der Waals surface area contributed by atoms with Crippen molar-refractivity contribution < 1.29 is 3.89 Å². The molecule has 19 heavy (non-hydrogen) atoms. The van der Waals surface area contributed by atoms with Gasteiger partial charge >= 0.3 is 0 Å². The van der Waals surface area contributed by atoms with E-state index in [2.05, 4.69) is 44.3 Å². The third-order valence-corrected chi connectivity index (χ3v) is 6.31. The van der Waals surface area contributed by atoms with Gasteiger partial charge in [-0.2, -0.15) is 0 Å². The molecule has 2 atom stereocenters. The molecule has 1 aliphatic heterocycles. The smallest absolute Gasteiger partial charge is 0.138 e. The second-order valence-corrected chi connectivity index (χ2v) is 7.60. The molecule has 0 saturated carbocycles. The Bertz CT molecular complexity index is 535. The number of allylic oxidation sites excluding steroid dienone is 1. The van der Waals surface area contributed by atoms with Crippen molar-refractivity contribution in [2.24, 2.45) is 0 Å². The van der Waals surface area contributed by atoms with Crippen molar-refractivity contribution in [3.05, 3.63) is 47.2 Å². The van der Waals surface area contributed by atoms with E-state index in [1.165, 1.54) is 36.8 Å². The molecule has 1 aromatic rings. The molecule has 0 spiro atoms. The predicted octanol–water partition coefficient (Wildman–Crippen LogP) is 5.01. The average Bonchev–Trinajstić information content (AvgIpc) is 2.72. The molecule has 1 heterocycles. The van der Waals surface area contributed by atoms with Gasteiger partial charge in [-0.1, -0.05) is 42.5 Å². The van der Waals surface area contributed by atoms with E-state index in [9.17, 15) is 0 Å². The predicted molar refractivity (Wildman–Crippen MR) is 86.7 cm³/mol. The number of benzene rings is 1. The van der Waals surface area contributed by atoms with E-state index in [0.717, 1.165) is 8.08 Å². The molecule has 1 unspecified atom stereocenters. The van der Waals surface area contributed by atoms with Gasteiger partial charge in [0, 0.05) is 17.6 Å². The van der Waals surface area contributed by atoms with E-state index in [1.807, 2.05) is 11.9 Å². The minimum Gasteiger partial charge on any atom is -0.224 e. The molecular weight excluding hydrogens is 270 g/mol. The maximum Gasteiger partial charge on any atom is 0.138 e. The summed E-state index contributed by atoms with van der Waals surface area (Å²) < 4.78 is 2.07. The van der Waals surface area contributed by atoms with Crippen LogP contribution in [-0.4, -0.2) is 15.1 Å². The van der Waals surface area contributed by atoms with Gasteiger partial charge in [-0.05, 0) is 26.2 Å². The molecule has 1 aliphatic carbocycles. The van der Waals surface area contributed by atoms with E-state index in [1.54, 1.807) is 5.70 Å². The van der Waals surface area contributed by atoms with Crippen LogP contribution in [0.3, 0.4) is 0 Å². The van der Waals surface area contributed by atoms with Crippen LogP contribution in [-0.2, 0) is 0 Å². The monoisotopic (exact) mass is 290 g/mol. The minimum absolute atomic E-state index is 0.453. The standard InChI is InChI=1S/C16H20NS2/c1-12(13-8-4-3-5-9-13)17(2)15-11-7-6-10-14(15)16(18)19-17/h3-5,8-9,12H,6-7,10-11H2,1-2H3/q+1/t12-,17?/m1/s1. The van der Waals surface area contributed by atoms with E-state index >= 15 is 0 Å². The van der Waals surface area contributed by atoms with E-state index < -0.39 is 0 Å². The van der Waals surface area contributed by atoms with Crippen LogP contribution in [0.15, 0.2) is 41.6 Å². The third kappa shape index (κ3) is 2.18. The minimum atomic E-state index is 0.453. The molecule has 3 heteroatoms. The molecule has 0 radical (unpaired) electrons. The fourth-order valence-electron chi connectivity index (χ4n) is 3.21. The first-order valence-corrected chi connectivity index (χ1v) is 8.19. The topological polar surface area (TPSA) is 0 Å². The summed E-state index contributed by atoms with van der Waals surface area (Å²) in [6, 6.07) is 11.3. The fraction of sp³-hybridized carbons (Fsp3) is 0.438. The number of hydrogen-bond acceptors (Lipinski definition) is 2. The summed E-state index contributed by atoms with van der Waals surface area (Å²) in [5.74, 6) is 0. The highest BCUT2D eigenvalue weighted by Gasteiger charge is 2.47. The Balaban J connectivity index is 2.00. The number of thiocarbonyl (C=S) groups is 1.